The number of aromatic nitrogens is 1. The molecule has 0 spiro atoms. The van der Waals surface area contributed by atoms with E-state index >= 15 is 0 Å². The highest BCUT2D eigenvalue weighted by Gasteiger charge is 2.41. The number of thiazole rings is 1. The third-order valence-electron chi connectivity index (χ3n) is 5.67. The number of nitrogens with zero attached hydrogens (tertiary/aromatic N) is 3. The second-order valence-corrected chi connectivity index (χ2v) is 10.2. The van der Waals surface area contributed by atoms with E-state index in [1.807, 2.05) is 24.3 Å². The molecule has 3 aromatic carbocycles. The Morgan fingerprint density at radius 2 is 1.89 bits per heavy atom. The summed E-state index contributed by atoms with van der Waals surface area (Å²) in [5.74, 6) is -1.33. The quantitative estimate of drug-likeness (QED) is 0.152. The second-order valence-electron chi connectivity index (χ2n) is 7.92. The van der Waals surface area contributed by atoms with Gasteiger partial charge >= 0.3 is 0 Å². The Kier molecular flexibility index (Phi) is 6.25. The molecule has 36 heavy (non-hydrogen) atoms. The number of benzene rings is 3. The number of nitro benzene ring substituents is 1. The van der Waals surface area contributed by atoms with Gasteiger partial charge in [-0.25, -0.2) is 9.88 Å². The normalized spacial score (nSPS) is 12.8. The number of nitrogens with one attached hydrogen (secondary N) is 1. The summed E-state index contributed by atoms with van der Waals surface area (Å²) >= 11 is 2.62. The lowest BCUT2D eigenvalue weighted by molar-refractivity contribution is -0.385. The molecule has 0 bridgehead atoms. The van der Waals surface area contributed by atoms with Crippen molar-refractivity contribution in [2.24, 2.45) is 0 Å². The molecule has 0 aliphatic carbocycles. The average molecular weight is 519 g/mol. The molecule has 180 valence electrons. The van der Waals surface area contributed by atoms with Crippen molar-refractivity contribution in [1.82, 2.24) is 4.98 Å². The molecule has 0 fully saturated rings. The molecule has 1 N–H and O–H groups in total. The van der Waals surface area contributed by atoms with Crippen LogP contribution in [0.3, 0.4) is 0 Å². The number of nitro groups is 1. The van der Waals surface area contributed by atoms with Crippen LogP contribution in [0.5, 0.6) is 0 Å². The summed E-state index contributed by atoms with van der Waals surface area (Å²) in [6, 6.07) is 16.6. The van der Waals surface area contributed by atoms with Gasteiger partial charge < -0.3 is 5.32 Å². The van der Waals surface area contributed by atoms with Crippen molar-refractivity contribution < 1.29 is 19.3 Å². The third-order valence-corrected chi connectivity index (χ3v) is 7.83. The number of thioether (sulfide) groups is 1. The van der Waals surface area contributed by atoms with Crippen molar-refractivity contribution in [3.8, 4) is 0 Å². The maximum atomic E-state index is 13.0. The van der Waals surface area contributed by atoms with Gasteiger partial charge in [0.05, 0.1) is 32.1 Å². The maximum absolute atomic E-state index is 13.0. The van der Waals surface area contributed by atoms with E-state index in [0.29, 0.717) is 15.5 Å². The van der Waals surface area contributed by atoms with Gasteiger partial charge in [0.25, 0.3) is 17.5 Å². The first kappa shape index (κ1) is 23.6. The van der Waals surface area contributed by atoms with Gasteiger partial charge in [-0.15, -0.1) is 11.3 Å². The average Bonchev–Trinajstić information content (AvgIpc) is 3.40. The van der Waals surface area contributed by atoms with Crippen molar-refractivity contribution in [3.63, 3.8) is 0 Å². The minimum atomic E-state index is -0.732. The third kappa shape index (κ3) is 4.34. The maximum Gasteiger partial charge on any atom is 0.283 e. The van der Waals surface area contributed by atoms with Gasteiger partial charge in [-0.3, -0.25) is 24.5 Å². The molecular formula is C25H18N4O5S2. The summed E-state index contributed by atoms with van der Waals surface area (Å²) in [5, 5.41) is 14.2. The second kappa shape index (κ2) is 9.51. The summed E-state index contributed by atoms with van der Waals surface area (Å²) in [6.07, 6.45) is 0.927. The monoisotopic (exact) mass is 518 g/mol. The summed E-state index contributed by atoms with van der Waals surface area (Å²) in [6.45, 7) is 2.07. The molecule has 5 rings (SSSR count). The number of hydrogen-bond acceptors (Lipinski definition) is 8. The molecule has 0 radical (unpaired) electrons. The molecule has 0 atom stereocenters. The molecule has 1 aliphatic heterocycles. The molecule has 1 aromatic heterocycles. The lowest BCUT2D eigenvalue weighted by atomic mass is 10.1. The Bertz CT molecular complexity index is 1550. The number of carbonyl (C=O) groups excluding carboxylic acids is 3. The zero-order valence-electron chi connectivity index (χ0n) is 18.9. The molecule has 3 amide bonds. The fraction of sp³-hybridized carbons (Fsp3) is 0.120. The molecule has 2 heterocycles. The largest absolute Gasteiger partial charge is 0.325 e. The predicted molar refractivity (Wildman–Crippen MR) is 139 cm³/mol. The number of aryl methyl sites for hydroxylation is 1. The van der Waals surface area contributed by atoms with E-state index in [2.05, 4.69) is 17.2 Å². The highest BCUT2D eigenvalue weighted by Crippen LogP contribution is 2.37. The van der Waals surface area contributed by atoms with Gasteiger partial charge in [0.15, 0.2) is 4.34 Å². The molecule has 0 saturated carbocycles. The fourth-order valence-corrected chi connectivity index (χ4v) is 5.80. The van der Waals surface area contributed by atoms with Gasteiger partial charge in [-0.05, 0) is 48.4 Å². The summed E-state index contributed by atoms with van der Waals surface area (Å²) in [7, 11) is 0. The molecule has 0 saturated heterocycles. The molecular weight excluding hydrogens is 500 g/mol. The van der Waals surface area contributed by atoms with Gasteiger partial charge in [0.2, 0.25) is 5.91 Å². The molecule has 4 aromatic rings. The van der Waals surface area contributed by atoms with Crippen LogP contribution in [-0.2, 0) is 11.2 Å². The van der Waals surface area contributed by atoms with Crippen LogP contribution in [0.15, 0.2) is 65.0 Å². The van der Waals surface area contributed by atoms with Crippen LogP contribution < -0.4 is 10.2 Å². The van der Waals surface area contributed by atoms with Gasteiger partial charge in [0, 0.05) is 11.8 Å². The first-order valence-electron chi connectivity index (χ1n) is 10.9. The van der Waals surface area contributed by atoms with Crippen LogP contribution in [-0.4, -0.2) is 33.4 Å². The number of anilines is 2. The Morgan fingerprint density at radius 1 is 1.11 bits per heavy atom. The SMILES string of the molecule is CCc1ccc(NC(=O)CSc2nc3ccc(N4C(=O)c5cccc([N+](=O)[O-])c5C4=O)cc3s2)cc1. The number of carbonyl (C=O) groups is 3. The first-order valence-corrected chi connectivity index (χ1v) is 12.7. The minimum absolute atomic E-state index is 0.00481. The molecule has 1 aliphatic rings. The van der Waals surface area contributed by atoms with Crippen LogP contribution in [0.4, 0.5) is 17.1 Å². The van der Waals surface area contributed by atoms with Crippen LogP contribution in [0, 0.1) is 10.1 Å². The summed E-state index contributed by atoms with van der Waals surface area (Å²) in [4.78, 5) is 54.4. The van der Waals surface area contributed by atoms with Crippen molar-refractivity contribution in [1.29, 1.82) is 0 Å². The van der Waals surface area contributed by atoms with Crippen molar-refractivity contribution in [2.75, 3.05) is 16.0 Å². The van der Waals surface area contributed by atoms with E-state index in [4.69, 9.17) is 0 Å². The Hall–Kier alpha value is -4.09. The van der Waals surface area contributed by atoms with E-state index in [0.717, 1.165) is 21.7 Å². The summed E-state index contributed by atoms with van der Waals surface area (Å²) < 4.78 is 1.38. The topological polar surface area (TPSA) is 123 Å². The Morgan fingerprint density at radius 3 is 2.61 bits per heavy atom. The van der Waals surface area contributed by atoms with Gasteiger partial charge in [0.1, 0.15) is 5.56 Å². The Balaban J connectivity index is 1.31. The minimum Gasteiger partial charge on any atom is -0.325 e. The van der Waals surface area contributed by atoms with Crippen molar-refractivity contribution in [3.05, 3.63) is 87.5 Å². The predicted octanol–water partition coefficient (Wildman–Crippen LogP) is 5.30. The lowest BCUT2D eigenvalue weighted by Crippen LogP contribution is -2.29. The number of amides is 3. The fourth-order valence-electron chi connectivity index (χ4n) is 3.90. The molecule has 11 heteroatoms. The number of rotatable bonds is 7. The summed E-state index contributed by atoms with van der Waals surface area (Å²) in [5.41, 5.74) is 2.28. The highest BCUT2D eigenvalue weighted by atomic mass is 32.2. The van der Waals surface area contributed by atoms with Crippen molar-refractivity contribution >= 4 is 68.1 Å². The number of imide groups is 1. The first-order chi connectivity index (χ1) is 17.4. The van der Waals surface area contributed by atoms with Crippen LogP contribution in [0.2, 0.25) is 0 Å². The smallest absolute Gasteiger partial charge is 0.283 e. The van der Waals surface area contributed by atoms with Gasteiger partial charge in [-0.1, -0.05) is 36.9 Å². The number of fused-ring (bicyclic) bond motifs is 2. The van der Waals surface area contributed by atoms with E-state index in [1.54, 1.807) is 18.2 Å². The van der Waals surface area contributed by atoms with E-state index in [9.17, 15) is 24.5 Å². The zero-order chi connectivity index (χ0) is 25.4. The van der Waals surface area contributed by atoms with E-state index in [1.165, 1.54) is 46.9 Å². The standard InChI is InChI=1S/C25H18N4O5S2/c1-2-14-6-8-15(9-7-14)26-21(30)13-35-25-27-18-11-10-16(12-20(18)36-25)28-23(31)17-4-3-5-19(29(33)34)22(17)24(28)32/h3-12H,2,13H2,1H3,(H,26,30). The molecule has 9 nitrogen and oxygen atoms in total. The van der Waals surface area contributed by atoms with Crippen LogP contribution in [0.1, 0.15) is 33.2 Å². The van der Waals surface area contributed by atoms with E-state index < -0.39 is 22.4 Å². The van der Waals surface area contributed by atoms with Crippen LogP contribution in [0.25, 0.3) is 10.2 Å². The number of hydrogen-bond donors (Lipinski definition) is 1. The van der Waals surface area contributed by atoms with Crippen LogP contribution >= 0.6 is 23.1 Å². The Labute approximate surface area is 213 Å². The van der Waals surface area contributed by atoms with E-state index in [-0.39, 0.29) is 22.8 Å². The van der Waals surface area contributed by atoms with Gasteiger partial charge in [-0.2, -0.15) is 0 Å². The molecule has 0 unspecified atom stereocenters. The van der Waals surface area contributed by atoms with Crippen molar-refractivity contribution in [2.45, 2.75) is 17.7 Å². The zero-order valence-corrected chi connectivity index (χ0v) is 20.5. The lowest BCUT2D eigenvalue weighted by Gasteiger charge is -2.13. The highest BCUT2D eigenvalue weighted by molar-refractivity contribution is 8.01.